The Labute approximate surface area is 149 Å². The Morgan fingerprint density at radius 1 is 1.00 bits per heavy atom. The van der Waals surface area contributed by atoms with Crippen LogP contribution in [0.15, 0.2) is 36.4 Å². The normalized spacial score (nSPS) is 11.5. The van der Waals surface area contributed by atoms with Crippen molar-refractivity contribution in [3.63, 3.8) is 0 Å². The number of anilines is 1. The Hall–Kier alpha value is -2.27. The molecule has 0 saturated carbocycles. The van der Waals surface area contributed by atoms with Crippen molar-refractivity contribution in [2.75, 3.05) is 19.5 Å². The van der Waals surface area contributed by atoms with E-state index in [0.717, 1.165) is 22.7 Å². The van der Waals surface area contributed by atoms with Crippen LogP contribution in [0, 0.1) is 13.8 Å². The predicted octanol–water partition coefficient (Wildman–Crippen LogP) is 4.37. The second kappa shape index (κ2) is 8.02. The summed E-state index contributed by atoms with van der Waals surface area (Å²) in [7, 11) is 3.31. The molecule has 0 aliphatic rings. The van der Waals surface area contributed by atoms with Crippen molar-refractivity contribution in [3.8, 4) is 11.5 Å². The van der Waals surface area contributed by atoms with E-state index in [0.29, 0.717) is 5.11 Å². The van der Waals surface area contributed by atoms with Crippen LogP contribution in [0.5, 0.6) is 11.5 Å². The fourth-order valence-electron chi connectivity index (χ4n) is 2.67. The van der Waals surface area contributed by atoms with Gasteiger partial charge in [0.15, 0.2) is 5.11 Å². The summed E-state index contributed by atoms with van der Waals surface area (Å²) in [5, 5.41) is 7.10. The van der Waals surface area contributed by atoms with Crippen molar-refractivity contribution in [1.82, 2.24) is 5.32 Å². The van der Waals surface area contributed by atoms with Crippen molar-refractivity contribution >= 4 is 23.0 Å². The van der Waals surface area contributed by atoms with Gasteiger partial charge in [0.25, 0.3) is 0 Å². The molecule has 5 heteroatoms. The molecule has 0 amide bonds. The third-order valence-corrected chi connectivity index (χ3v) is 3.95. The highest BCUT2D eigenvalue weighted by Crippen LogP contribution is 2.29. The largest absolute Gasteiger partial charge is 0.497 e. The first-order valence-electron chi connectivity index (χ1n) is 7.80. The van der Waals surface area contributed by atoms with E-state index in [1.54, 1.807) is 14.2 Å². The number of aryl methyl sites for hydroxylation is 2. The minimum absolute atomic E-state index is 0.0269. The summed E-state index contributed by atoms with van der Waals surface area (Å²) in [5.41, 5.74) is 4.36. The lowest BCUT2D eigenvalue weighted by atomic mass is 10.1. The van der Waals surface area contributed by atoms with Crippen molar-refractivity contribution < 1.29 is 9.47 Å². The molecule has 2 aromatic rings. The number of ether oxygens (including phenoxy) is 2. The summed E-state index contributed by atoms with van der Waals surface area (Å²) in [5.74, 6) is 1.58. The molecule has 1 atom stereocenters. The highest BCUT2D eigenvalue weighted by Gasteiger charge is 2.14. The van der Waals surface area contributed by atoms with Gasteiger partial charge in [-0.3, -0.25) is 0 Å². The maximum Gasteiger partial charge on any atom is 0.171 e. The summed E-state index contributed by atoms with van der Waals surface area (Å²) in [6, 6.07) is 12.0. The van der Waals surface area contributed by atoms with Gasteiger partial charge in [-0.15, -0.1) is 0 Å². The molecule has 24 heavy (non-hydrogen) atoms. The van der Waals surface area contributed by atoms with Gasteiger partial charge in [0.1, 0.15) is 11.5 Å². The monoisotopic (exact) mass is 344 g/mol. The van der Waals surface area contributed by atoms with Crippen molar-refractivity contribution in [2.45, 2.75) is 26.8 Å². The second-order valence-electron chi connectivity index (χ2n) is 5.80. The lowest BCUT2D eigenvalue weighted by molar-refractivity contribution is 0.395. The molecule has 0 radical (unpaired) electrons. The molecule has 4 nitrogen and oxygen atoms in total. The number of thiocarbonyl (C=S) groups is 1. The number of methoxy groups -OCH3 is 2. The van der Waals surface area contributed by atoms with Crippen LogP contribution in [-0.2, 0) is 0 Å². The Bertz CT molecular complexity index is 711. The van der Waals surface area contributed by atoms with Crippen LogP contribution < -0.4 is 20.1 Å². The standard InChI is InChI=1S/C19H24N2O2S/c1-12-8-13(2)10-15(9-12)21-19(24)20-14(3)17-11-16(22-4)6-7-18(17)23-5/h6-11,14H,1-5H3,(H2,20,21,24). The number of hydrogen-bond donors (Lipinski definition) is 2. The van der Waals surface area contributed by atoms with Crippen LogP contribution in [0.25, 0.3) is 0 Å². The van der Waals surface area contributed by atoms with Gasteiger partial charge in [0.05, 0.1) is 20.3 Å². The van der Waals surface area contributed by atoms with Gasteiger partial charge in [-0.2, -0.15) is 0 Å². The zero-order valence-corrected chi connectivity index (χ0v) is 15.6. The minimum atomic E-state index is -0.0269. The highest BCUT2D eigenvalue weighted by molar-refractivity contribution is 7.80. The molecule has 0 saturated heterocycles. The van der Waals surface area contributed by atoms with E-state index in [9.17, 15) is 0 Å². The Kier molecular flexibility index (Phi) is 6.04. The fourth-order valence-corrected chi connectivity index (χ4v) is 2.96. The van der Waals surface area contributed by atoms with Crippen LogP contribution in [0.3, 0.4) is 0 Å². The number of nitrogens with one attached hydrogen (secondary N) is 2. The first-order valence-corrected chi connectivity index (χ1v) is 8.21. The summed E-state index contributed by atoms with van der Waals surface area (Å²) in [6.45, 7) is 6.17. The zero-order valence-electron chi connectivity index (χ0n) is 14.8. The van der Waals surface area contributed by atoms with Crippen molar-refractivity contribution in [2.24, 2.45) is 0 Å². The van der Waals surface area contributed by atoms with Gasteiger partial charge in [0, 0.05) is 11.3 Å². The lowest BCUT2D eigenvalue weighted by Gasteiger charge is -2.20. The molecule has 0 spiro atoms. The van der Waals surface area contributed by atoms with E-state index in [1.807, 2.05) is 25.1 Å². The molecule has 2 aromatic carbocycles. The first kappa shape index (κ1) is 18.1. The van der Waals surface area contributed by atoms with Gasteiger partial charge in [-0.1, -0.05) is 6.07 Å². The molecule has 1 unspecified atom stereocenters. The summed E-state index contributed by atoms with van der Waals surface area (Å²) in [6.07, 6.45) is 0. The molecule has 0 aromatic heterocycles. The zero-order chi connectivity index (χ0) is 17.7. The maximum absolute atomic E-state index is 5.45. The fraction of sp³-hybridized carbons (Fsp3) is 0.316. The van der Waals surface area contributed by atoms with E-state index < -0.39 is 0 Å². The average Bonchev–Trinajstić information content (AvgIpc) is 2.52. The molecule has 0 fully saturated rings. The predicted molar refractivity (Wildman–Crippen MR) is 103 cm³/mol. The second-order valence-corrected chi connectivity index (χ2v) is 6.21. The van der Waals surface area contributed by atoms with Crippen LogP contribution in [-0.4, -0.2) is 19.3 Å². The average molecular weight is 344 g/mol. The van der Waals surface area contributed by atoms with Crippen LogP contribution in [0.4, 0.5) is 5.69 Å². The van der Waals surface area contributed by atoms with E-state index in [1.165, 1.54) is 11.1 Å². The molecule has 0 aliphatic carbocycles. The molecule has 0 aliphatic heterocycles. The van der Waals surface area contributed by atoms with Gasteiger partial charge < -0.3 is 20.1 Å². The lowest BCUT2D eigenvalue weighted by Crippen LogP contribution is -2.31. The molecule has 2 N–H and O–H groups in total. The smallest absolute Gasteiger partial charge is 0.171 e. The summed E-state index contributed by atoms with van der Waals surface area (Å²) in [4.78, 5) is 0. The van der Waals surface area contributed by atoms with Gasteiger partial charge in [-0.25, -0.2) is 0 Å². The molecule has 0 heterocycles. The highest BCUT2D eigenvalue weighted by atomic mass is 32.1. The third kappa shape index (κ3) is 4.61. The van der Waals surface area contributed by atoms with Crippen LogP contribution in [0.2, 0.25) is 0 Å². The summed E-state index contributed by atoms with van der Waals surface area (Å²) >= 11 is 5.45. The third-order valence-electron chi connectivity index (χ3n) is 3.73. The minimum Gasteiger partial charge on any atom is -0.497 e. The van der Waals surface area contributed by atoms with E-state index in [-0.39, 0.29) is 6.04 Å². The Balaban J connectivity index is 2.11. The van der Waals surface area contributed by atoms with Crippen molar-refractivity contribution in [1.29, 1.82) is 0 Å². The van der Waals surface area contributed by atoms with Gasteiger partial charge >= 0.3 is 0 Å². The molecular formula is C19H24N2O2S. The Morgan fingerprint density at radius 2 is 1.67 bits per heavy atom. The topological polar surface area (TPSA) is 42.5 Å². The van der Waals surface area contributed by atoms with Gasteiger partial charge in [0.2, 0.25) is 0 Å². The van der Waals surface area contributed by atoms with Crippen molar-refractivity contribution in [3.05, 3.63) is 53.1 Å². The molecule has 0 bridgehead atoms. The number of benzene rings is 2. The number of rotatable bonds is 5. The molecule has 2 rings (SSSR count). The quantitative estimate of drug-likeness (QED) is 0.789. The summed E-state index contributed by atoms with van der Waals surface area (Å²) < 4.78 is 10.7. The Morgan fingerprint density at radius 3 is 2.25 bits per heavy atom. The molecule has 128 valence electrons. The van der Waals surface area contributed by atoms with Gasteiger partial charge in [-0.05, 0) is 74.4 Å². The van der Waals surface area contributed by atoms with E-state index in [2.05, 4.69) is 42.7 Å². The van der Waals surface area contributed by atoms with E-state index >= 15 is 0 Å². The molecular weight excluding hydrogens is 320 g/mol. The van der Waals surface area contributed by atoms with E-state index in [4.69, 9.17) is 21.7 Å². The van der Waals surface area contributed by atoms with Crippen LogP contribution >= 0.6 is 12.2 Å². The first-order chi connectivity index (χ1) is 11.4. The SMILES string of the molecule is COc1ccc(OC)c(C(C)NC(=S)Nc2cc(C)cc(C)c2)c1. The van der Waals surface area contributed by atoms with Crippen LogP contribution in [0.1, 0.15) is 29.7 Å². The maximum atomic E-state index is 5.45. The number of hydrogen-bond acceptors (Lipinski definition) is 3.